The Labute approximate surface area is 129 Å². The van der Waals surface area contributed by atoms with E-state index >= 15 is 0 Å². The molecule has 0 bridgehead atoms. The average Bonchev–Trinajstić information content (AvgIpc) is 3.07. The van der Waals surface area contributed by atoms with Gasteiger partial charge in [-0.2, -0.15) is 9.29 Å². The molecule has 116 valence electrons. The van der Waals surface area contributed by atoms with Crippen LogP contribution in [0.2, 0.25) is 0 Å². The zero-order valence-corrected chi connectivity index (χ0v) is 12.9. The number of hydrogen-bond donors (Lipinski definition) is 0. The van der Waals surface area contributed by atoms with Crippen LogP contribution in [0, 0.1) is 0 Å². The maximum absolute atomic E-state index is 12.8. The van der Waals surface area contributed by atoms with Crippen molar-refractivity contribution in [2.75, 3.05) is 6.54 Å². The highest BCUT2D eigenvalue weighted by atomic mass is 32.2. The normalized spacial score (nSPS) is 23.0. The Morgan fingerprint density at radius 3 is 2.64 bits per heavy atom. The minimum atomic E-state index is -3.53. The number of hydrogen-bond acceptors (Lipinski definition) is 5. The second kappa shape index (κ2) is 5.17. The molecule has 1 saturated heterocycles. The third-order valence-electron chi connectivity index (χ3n) is 4.24. The van der Waals surface area contributed by atoms with E-state index < -0.39 is 10.0 Å². The fourth-order valence-electron chi connectivity index (χ4n) is 2.89. The number of sulfonamides is 1. The zero-order valence-electron chi connectivity index (χ0n) is 12.1. The molecule has 1 unspecified atom stereocenters. The quantitative estimate of drug-likeness (QED) is 0.865. The van der Waals surface area contributed by atoms with Crippen molar-refractivity contribution in [2.45, 2.75) is 42.5 Å². The fourth-order valence-corrected chi connectivity index (χ4v) is 4.56. The lowest BCUT2D eigenvalue weighted by Gasteiger charge is -2.21. The van der Waals surface area contributed by atoms with E-state index in [0.29, 0.717) is 23.2 Å². The van der Waals surface area contributed by atoms with Gasteiger partial charge >= 0.3 is 0 Å². The number of aromatic nitrogens is 2. The van der Waals surface area contributed by atoms with E-state index in [9.17, 15) is 8.42 Å². The molecule has 2 heterocycles. The van der Waals surface area contributed by atoms with Gasteiger partial charge in [-0.1, -0.05) is 23.4 Å². The van der Waals surface area contributed by atoms with Crippen molar-refractivity contribution in [3.05, 3.63) is 42.0 Å². The van der Waals surface area contributed by atoms with Crippen LogP contribution in [0.5, 0.6) is 0 Å². The molecule has 1 aliphatic heterocycles. The highest BCUT2D eigenvalue weighted by Gasteiger charge is 2.40. The minimum Gasteiger partial charge on any atom is -0.338 e. The van der Waals surface area contributed by atoms with Crippen molar-refractivity contribution in [2.24, 2.45) is 0 Å². The molecule has 2 aliphatic rings. The minimum absolute atomic E-state index is 0.309. The predicted molar refractivity (Wildman–Crippen MR) is 78.6 cm³/mol. The third kappa shape index (κ3) is 2.34. The molecule has 6 nitrogen and oxygen atoms in total. The van der Waals surface area contributed by atoms with Crippen molar-refractivity contribution in [1.82, 2.24) is 14.4 Å². The Morgan fingerprint density at radius 2 is 1.91 bits per heavy atom. The summed E-state index contributed by atoms with van der Waals surface area (Å²) in [6, 6.07) is 8.17. The summed E-state index contributed by atoms with van der Waals surface area (Å²) in [5.41, 5.74) is 0. The van der Waals surface area contributed by atoms with E-state index in [1.54, 1.807) is 30.3 Å². The standard InChI is InChI=1S/C15H17N3O3S/c19-22(20,12-5-2-1-3-6-12)18-10-4-7-13(18)15-16-14(17-21-15)11-8-9-11/h1-3,5-6,11,13H,4,7-10H2. The Morgan fingerprint density at radius 1 is 1.14 bits per heavy atom. The van der Waals surface area contributed by atoms with Gasteiger partial charge in [0.2, 0.25) is 15.9 Å². The zero-order chi connectivity index (χ0) is 15.2. The van der Waals surface area contributed by atoms with Crippen LogP contribution < -0.4 is 0 Å². The molecule has 4 rings (SSSR count). The van der Waals surface area contributed by atoms with Gasteiger partial charge in [0, 0.05) is 12.5 Å². The maximum atomic E-state index is 12.8. The molecule has 0 radical (unpaired) electrons. The highest BCUT2D eigenvalue weighted by molar-refractivity contribution is 7.89. The van der Waals surface area contributed by atoms with Crippen molar-refractivity contribution in [1.29, 1.82) is 0 Å². The molecule has 1 saturated carbocycles. The monoisotopic (exact) mass is 319 g/mol. The lowest BCUT2D eigenvalue weighted by atomic mass is 10.2. The average molecular weight is 319 g/mol. The van der Waals surface area contributed by atoms with Gasteiger partial charge in [-0.25, -0.2) is 8.42 Å². The largest absolute Gasteiger partial charge is 0.338 e. The fraction of sp³-hybridized carbons (Fsp3) is 0.467. The molecule has 1 atom stereocenters. The van der Waals surface area contributed by atoms with Crippen LogP contribution >= 0.6 is 0 Å². The Hall–Kier alpha value is -1.73. The molecule has 2 aromatic rings. The molecule has 7 heteroatoms. The van der Waals surface area contributed by atoms with Crippen LogP contribution in [0.3, 0.4) is 0 Å². The number of nitrogens with zero attached hydrogens (tertiary/aromatic N) is 3. The topological polar surface area (TPSA) is 76.3 Å². The SMILES string of the molecule is O=S(=O)(c1ccccc1)N1CCCC1c1nc(C2CC2)no1. The Kier molecular flexibility index (Phi) is 3.27. The molecule has 0 amide bonds. The van der Waals surface area contributed by atoms with E-state index in [1.807, 2.05) is 0 Å². The molecule has 1 aliphatic carbocycles. The first-order valence-corrected chi connectivity index (χ1v) is 9.00. The van der Waals surface area contributed by atoms with E-state index in [0.717, 1.165) is 31.5 Å². The van der Waals surface area contributed by atoms with Crippen LogP contribution in [0.25, 0.3) is 0 Å². The summed E-state index contributed by atoms with van der Waals surface area (Å²) in [6.45, 7) is 0.489. The van der Waals surface area contributed by atoms with Crippen molar-refractivity contribution < 1.29 is 12.9 Å². The molecular formula is C15H17N3O3S. The first kappa shape index (κ1) is 13.9. The number of rotatable bonds is 4. The van der Waals surface area contributed by atoms with Crippen molar-refractivity contribution in [3.63, 3.8) is 0 Å². The van der Waals surface area contributed by atoms with Gasteiger partial charge < -0.3 is 4.52 Å². The summed E-state index contributed by atoms with van der Waals surface area (Å²) in [5.74, 6) is 1.55. The Bertz CT molecular complexity index is 768. The second-order valence-corrected chi connectivity index (χ2v) is 7.74. The number of benzene rings is 1. The van der Waals surface area contributed by atoms with E-state index in [2.05, 4.69) is 10.1 Å². The third-order valence-corrected chi connectivity index (χ3v) is 6.16. The van der Waals surface area contributed by atoms with Crippen LogP contribution in [-0.2, 0) is 10.0 Å². The molecule has 2 fully saturated rings. The molecule has 22 heavy (non-hydrogen) atoms. The first-order chi connectivity index (χ1) is 10.7. The van der Waals surface area contributed by atoms with Crippen molar-refractivity contribution in [3.8, 4) is 0 Å². The van der Waals surface area contributed by atoms with Gasteiger partial charge in [0.1, 0.15) is 6.04 Å². The maximum Gasteiger partial charge on any atom is 0.245 e. The summed E-state index contributed by atoms with van der Waals surface area (Å²) in [7, 11) is -3.53. The van der Waals surface area contributed by atoms with Gasteiger partial charge in [-0.3, -0.25) is 0 Å². The lowest BCUT2D eigenvalue weighted by molar-refractivity contribution is 0.289. The molecule has 0 N–H and O–H groups in total. The van der Waals surface area contributed by atoms with Gasteiger partial charge in [-0.05, 0) is 37.8 Å². The molecule has 1 aromatic heterocycles. The molecule has 0 spiro atoms. The summed E-state index contributed by atoms with van der Waals surface area (Å²) < 4.78 is 32.5. The van der Waals surface area contributed by atoms with Crippen LogP contribution in [0.1, 0.15) is 49.4 Å². The van der Waals surface area contributed by atoms with E-state index in [4.69, 9.17) is 4.52 Å². The van der Waals surface area contributed by atoms with Crippen LogP contribution in [-0.4, -0.2) is 29.4 Å². The van der Waals surface area contributed by atoms with Gasteiger partial charge in [-0.15, -0.1) is 0 Å². The van der Waals surface area contributed by atoms with Gasteiger partial charge in [0.05, 0.1) is 4.90 Å². The van der Waals surface area contributed by atoms with Crippen LogP contribution in [0.15, 0.2) is 39.8 Å². The summed E-state index contributed by atoms with van der Waals surface area (Å²) in [6.07, 6.45) is 3.71. The van der Waals surface area contributed by atoms with Gasteiger partial charge in [0.25, 0.3) is 0 Å². The second-order valence-electron chi connectivity index (χ2n) is 5.85. The summed E-state index contributed by atoms with van der Waals surface area (Å²) in [4.78, 5) is 4.74. The van der Waals surface area contributed by atoms with E-state index in [1.165, 1.54) is 4.31 Å². The molecule has 1 aromatic carbocycles. The lowest BCUT2D eigenvalue weighted by Crippen LogP contribution is -2.30. The summed E-state index contributed by atoms with van der Waals surface area (Å²) >= 11 is 0. The first-order valence-electron chi connectivity index (χ1n) is 7.56. The highest BCUT2D eigenvalue weighted by Crippen LogP contribution is 2.40. The Balaban J connectivity index is 1.65. The smallest absolute Gasteiger partial charge is 0.245 e. The van der Waals surface area contributed by atoms with Crippen molar-refractivity contribution >= 4 is 10.0 Å². The molecular weight excluding hydrogens is 302 g/mol. The van der Waals surface area contributed by atoms with Gasteiger partial charge in [0.15, 0.2) is 5.82 Å². The van der Waals surface area contributed by atoms with E-state index in [-0.39, 0.29) is 6.04 Å². The summed E-state index contributed by atoms with van der Waals surface area (Å²) in [5, 5.41) is 4.00. The van der Waals surface area contributed by atoms with Crippen LogP contribution in [0.4, 0.5) is 0 Å². The predicted octanol–water partition coefficient (Wildman–Crippen LogP) is 2.47.